The minimum Gasteiger partial charge on any atom is -0.493 e. The monoisotopic (exact) mass is 325 g/mol. The fraction of sp³-hybridized carbons (Fsp3) is 0.0588. The third kappa shape index (κ3) is 3.17. The first-order valence-electron chi connectivity index (χ1n) is 6.94. The smallest absolute Gasteiger partial charge is 0.246 e. The van der Waals surface area contributed by atoms with E-state index in [-0.39, 0.29) is 4.99 Å². The zero-order valence-corrected chi connectivity index (χ0v) is 13.3. The van der Waals surface area contributed by atoms with E-state index in [0.717, 1.165) is 11.1 Å². The standard InChI is InChI=1S/C17H15N3O2S/c1-21-14-9-5-6-11-10-13(16(18)23)17(22-15(11)14)20-19-12-7-3-2-4-8-12/h2-10,19H,1H3,(H2,18,23)/b20-17-. The van der Waals surface area contributed by atoms with Crippen LogP contribution >= 0.6 is 12.2 Å². The van der Waals surface area contributed by atoms with Gasteiger partial charge < -0.3 is 14.9 Å². The number of nitrogens with one attached hydrogen (secondary N) is 1. The Morgan fingerprint density at radius 2 is 1.96 bits per heavy atom. The Labute approximate surface area is 138 Å². The normalized spacial score (nSPS) is 11.4. The molecule has 0 aliphatic heterocycles. The number of benzene rings is 2. The van der Waals surface area contributed by atoms with Crippen LogP contribution in [0.5, 0.6) is 5.75 Å². The molecule has 2 aromatic carbocycles. The van der Waals surface area contributed by atoms with Crippen LogP contribution < -0.4 is 21.5 Å². The summed E-state index contributed by atoms with van der Waals surface area (Å²) in [5.41, 5.74) is 11.0. The molecule has 0 spiro atoms. The number of hydrogen-bond donors (Lipinski definition) is 2. The molecule has 0 radical (unpaired) electrons. The second-order valence-electron chi connectivity index (χ2n) is 4.80. The Balaban J connectivity index is 2.17. The van der Waals surface area contributed by atoms with Gasteiger partial charge in [0.2, 0.25) is 5.55 Å². The molecule has 3 N–H and O–H groups in total. The molecule has 6 heteroatoms. The van der Waals surface area contributed by atoms with E-state index in [9.17, 15) is 0 Å². The Morgan fingerprint density at radius 1 is 1.17 bits per heavy atom. The lowest BCUT2D eigenvalue weighted by molar-refractivity contribution is 0.405. The highest BCUT2D eigenvalue weighted by atomic mass is 32.1. The molecule has 0 atom stereocenters. The number of ether oxygens (including phenoxy) is 1. The number of fused-ring (bicyclic) bond motifs is 1. The molecule has 0 amide bonds. The summed E-state index contributed by atoms with van der Waals surface area (Å²) in [6.07, 6.45) is 0. The fourth-order valence-electron chi connectivity index (χ4n) is 2.17. The highest BCUT2D eigenvalue weighted by Gasteiger charge is 2.10. The summed E-state index contributed by atoms with van der Waals surface area (Å²) in [5, 5.41) is 5.12. The predicted molar refractivity (Wildman–Crippen MR) is 94.3 cm³/mol. The molecule has 3 rings (SSSR count). The van der Waals surface area contributed by atoms with Gasteiger partial charge in [-0.3, -0.25) is 5.43 Å². The van der Waals surface area contributed by atoms with Crippen molar-refractivity contribution in [3.05, 3.63) is 65.7 Å². The van der Waals surface area contributed by atoms with Crippen molar-refractivity contribution in [1.29, 1.82) is 0 Å². The van der Waals surface area contributed by atoms with Crippen molar-refractivity contribution in [3.8, 4) is 5.75 Å². The van der Waals surface area contributed by atoms with Gasteiger partial charge in [0.15, 0.2) is 11.3 Å². The summed E-state index contributed by atoms with van der Waals surface area (Å²) >= 11 is 5.10. The maximum Gasteiger partial charge on any atom is 0.246 e. The Hall–Kier alpha value is -2.86. The first-order valence-corrected chi connectivity index (χ1v) is 7.35. The first kappa shape index (κ1) is 15.1. The van der Waals surface area contributed by atoms with Gasteiger partial charge in [0, 0.05) is 5.39 Å². The molecule has 0 fully saturated rings. The summed E-state index contributed by atoms with van der Waals surface area (Å²) in [7, 11) is 1.59. The number of hydrogen-bond acceptors (Lipinski definition) is 5. The zero-order valence-electron chi connectivity index (χ0n) is 12.4. The van der Waals surface area contributed by atoms with Gasteiger partial charge in [-0.1, -0.05) is 42.5 Å². The van der Waals surface area contributed by atoms with Crippen LogP contribution in [0.2, 0.25) is 0 Å². The van der Waals surface area contributed by atoms with Crippen LogP contribution in [0.25, 0.3) is 11.0 Å². The second-order valence-corrected chi connectivity index (χ2v) is 5.24. The number of nitrogens with two attached hydrogens (primary N) is 1. The molecule has 1 aromatic heterocycles. The number of para-hydroxylation sites is 2. The molecule has 1 heterocycles. The molecular formula is C17H15N3O2S. The van der Waals surface area contributed by atoms with Crippen LogP contribution in [0.1, 0.15) is 5.56 Å². The molecule has 0 bridgehead atoms. The summed E-state index contributed by atoms with van der Waals surface area (Å²) in [5.74, 6) is 0.619. The average Bonchev–Trinajstić information content (AvgIpc) is 2.59. The number of methoxy groups -OCH3 is 1. The van der Waals surface area contributed by atoms with Gasteiger partial charge in [0.25, 0.3) is 0 Å². The SMILES string of the molecule is COc1cccc2cc(C(N)=S)/c(=N/Nc3ccccc3)oc12. The van der Waals surface area contributed by atoms with Crippen molar-refractivity contribution >= 4 is 33.9 Å². The topological polar surface area (TPSA) is 72.8 Å². The van der Waals surface area contributed by atoms with Crippen molar-refractivity contribution < 1.29 is 9.15 Å². The van der Waals surface area contributed by atoms with Gasteiger partial charge in [-0.15, -0.1) is 5.10 Å². The van der Waals surface area contributed by atoms with Crippen LogP contribution in [0.15, 0.2) is 64.1 Å². The van der Waals surface area contributed by atoms with E-state index in [4.69, 9.17) is 27.1 Å². The number of rotatable bonds is 4. The molecule has 0 aliphatic carbocycles. The summed E-state index contributed by atoms with van der Waals surface area (Å²) < 4.78 is 11.2. The Morgan fingerprint density at radius 3 is 2.65 bits per heavy atom. The average molecular weight is 325 g/mol. The van der Waals surface area contributed by atoms with Crippen molar-refractivity contribution in [1.82, 2.24) is 0 Å². The molecule has 0 aliphatic rings. The van der Waals surface area contributed by atoms with Crippen molar-refractivity contribution in [2.75, 3.05) is 12.5 Å². The van der Waals surface area contributed by atoms with Gasteiger partial charge in [-0.25, -0.2) is 0 Å². The first-order chi connectivity index (χ1) is 11.2. The van der Waals surface area contributed by atoms with Gasteiger partial charge in [-0.2, -0.15) is 0 Å². The number of nitrogens with zero attached hydrogens (tertiary/aromatic N) is 1. The van der Waals surface area contributed by atoms with E-state index in [1.165, 1.54) is 0 Å². The predicted octanol–water partition coefficient (Wildman–Crippen LogP) is 3.00. The number of anilines is 1. The largest absolute Gasteiger partial charge is 0.493 e. The van der Waals surface area contributed by atoms with Crippen LogP contribution in [-0.2, 0) is 0 Å². The van der Waals surface area contributed by atoms with Crippen LogP contribution in [0.3, 0.4) is 0 Å². The molecule has 0 saturated carbocycles. The maximum absolute atomic E-state index is 5.88. The maximum atomic E-state index is 5.88. The van der Waals surface area contributed by atoms with E-state index in [2.05, 4.69) is 10.5 Å². The van der Waals surface area contributed by atoms with Gasteiger partial charge in [-0.05, 0) is 24.3 Å². The van der Waals surface area contributed by atoms with E-state index in [1.807, 2.05) is 54.6 Å². The van der Waals surface area contributed by atoms with Gasteiger partial charge in [0.05, 0.1) is 18.4 Å². The van der Waals surface area contributed by atoms with E-state index < -0.39 is 0 Å². The molecule has 116 valence electrons. The molecule has 23 heavy (non-hydrogen) atoms. The lowest BCUT2D eigenvalue weighted by Gasteiger charge is -2.07. The van der Waals surface area contributed by atoms with Crippen molar-refractivity contribution in [2.24, 2.45) is 10.8 Å². The van der Waals surface area contributed by atoms with Crippen LogP contribution in [-0.4, -0.2) is 12.1 Å². The van der Waals surface area contributed by atoms with Crippen LogP contribution in [0.4, 0.5) is 5.69 Å². The highest BCUT2D eigenvalue weighted by molar-refractivity contribution is 7.80. The van der Waals surface area contributed by atoms with E-state index in [1.54, 1.807) is 7.11 Å². The van der Waals surface area contributed by atoms with Crippen molar-refractivity contribution in [3.63, 3.8) is 0 Å². The Bertz CT molecular complexity index is 920. The zero-order chi connectivity index (χ0) is 16.2. The quantitative estimate of drug-likeness (QED) is 0.570. The third-order valence-corrected chi connectivity index (χ3v) is 3.50. The summed E-state index contributed by atoms with van der Waals surface area (Å²) in [6.45, 7) is 0. The lowest BCUT2D eigenvalue weighted by Crippen LogP contribution is -2.22. The van der Waals surface area contributed by atoms with E-state index in [0.29, 0.717) is 22.5 Å². The summed E-state index contributed by atoms with van der Waals surface area (Å²) in [6, 6.07) is 17.0. The van der Waals surface area contributed by atoms with Crippen molar-refractivity contribution in [2.45, 2.75) is 0 Å². The Kier molecular flexibility index (Phi) is 4.25. The third-order valence-electron chi connectivity index (χ3n) is 3.28. The molecule has 0 unspecified atom stereocenters. The minimum absolute atomic E-state index is 0.215. The lowest BCUT2D eigenvalue weighted by atomic mass is 10.1. The summed E-state index contributed by atoms with van der Waals surface area (Å²) in [4.78, 5) is 0.215. The van der Waals surface area contributed by atoms with Crippen LogP contribution in [0, 0.1) is 0 Å². The molecular weight excluding hydrogens is 310 g/mol. The fourth-order valence-corrected chi connectivity index (χ4v) is 2.32. The molecule has 5 nitrogen and oxygen atoms in total. The van der Waals surface area contributed by atoms with E-state index >= 15 is 0 Å². The molecule has 0 saturated heterocycles. The highest BCUT2D eigenvalue weighted by Crippen LogP contribution is 2.24. The van der Waals surface area contributed by atoms with Gasteiger partial charge >= 0.3 is 0 Å². The second kappa shape index (κ2) is 6.50. The minimum atomic E-state index is 0.215. The molecule has 3 aromatic rings. The van der Waals surface area contributed by atoms with Gasteiger partial charge in [0.1, 0.15) is 4.99 Å². The number of thiocarbonyl (C=S) groups is 1.